The summed E-state index contributed by atoms with van der Waals surface area (Å²) in [5.74, 6) is -0.916. The van der Waals surface area contributed by atoms with Gasteiger partial charge in [-0.15, -0.1) is 0 Å². The van der Waals surface area contributed by atoms with Crippen molar-refractivity contribution in [2.24, 2.45) is 0 Å². The summed E-state index contributed by atoms with van der Waals surface area (Å²) in [5.41, 5.74) is 0.947. The van der Waals surface area contributed by atoms with Crippen molar-refractivity contribution in [1.82, 2.24) is 0 Å². The van der Waals surface area contributed by atoms with E-state index < -0.39 is 5.97 Å². The molecule has 0 aliphatic heterocycles. The smallest absolute Gasteiger partial charge is 1.00 e. The molecule has 0 unspecified atom stereocenters. The van der Waals surface area contributed by atoms with Gasteiger partial charge in [-0.05, 0) is 11.6 Å². The van der Waals surface area contributed by atoms with E-state index >= 15 is 0 Å². The van der Waals surface area contributed by atoms with Gasteiger partial charge in [-0.1, -0.05) is 30.9 Å². The Hall–Kier alpha value is -0.570. The number of hydrogen-bond acceptors (Lipinski definition) is 1. The van der Waals surface area contributed by atoms with Crippen LogP contribution >= 0.6 is 0 Å². The van der Waals surface area contributed by atoms with E-state index in [9.17, 15) is 4.79 Å². The van der Waals surface area contributed by atoms with Gasteiger partial charge in [0.15, 0.2) is 0 Å². The number of hydrogen-bond donors (Lipinski definition) is 1. The molecule has 12 heavy (non-hydrogen) atoms. The maximum Gasteiger partial charge on any atom is 1.00 e. The molecule has 0 spiro atoms. The van der Waals surface area contributed by atoms with Crippen LogP contribution in [0, 0.1) is 0 Å². The average Bonchev–Trinajstić information content (AvgIpc) is 2.04. The predicted octanol–water partition coefficient (Wildman–Crippen LogP) is -0.856. The van der Waals surface area contributed by atoms with Gasteiger partial charge in [0.25, 0.3) is 0 Å². The summed E-state index contributed by atoms with van der Waals surface area (Å²) >= 11 is 0. The van der Waals surface area contributed by atoms with Crippen LogP contribution in [0.2, 0.25) is 0 Å². The maximum atomic E-state index is 10.5. The van der Waals surface area contributed by atoms with Crippen LogP contribution < -0.4 is 29.6 Å². The van der Waals surface area contributed by atoms with Gasteiger partial charge >= 0.3 is 35.5 Å². The Balaban J connectivity index is 0. The van der Waals surface area contributed by atoms with Crippen molar-refractivity contribution in [3.8, 4) is 0 Å². The zero-order chi connectivity index (χ0) is 8.27. The largest absolute Gasteiger partial charge is 1.00 e. The van der Waals surface area contributed by atoms with Gasteiger partial charge in [0.1, 0.15) is 0 Å². The first-order valence-corrected chi connectivity index (χ1v) is 3.20. The minimum absolute atomic E-state index is 0. The maximum absolute atomic E-state index is 10.5. The summed E-state index contributed by atoms with van der Waals surface area (Å²) in [6.07, 6.45) is 1.53. The standard InChI is InChI=1S/C9H8O2.Na.H/c1-2-7-5-3-4-6-8(7)9(10)11;;/h2-6H,1H2,(H,10,11);;/q;+1;-1. The number of aromatic carboxylic acids is 1. The minimum Gasteiger partial charge on any atom is -1.00 e. The summed E-state index contributed by atoms with van der Waals surface area (Å²) in [6.45, 7) is 3.51. The molecule has 0 fully saturated rings. The molecule has 2 nitrogen and oxygen atoms in total. The van der Waals surface area contributed by atoms with E-state index in [4.69, 9.17) is 5.11 Å². The first kappa shape index (κ1) is 11.4. The zero-order valence-corrected chi connectivity index (χ0v) is 8.95. The molecule has 0 atom stereocenters. The van der Waals surface area contributed by atoms with Gasteiger partial charge in [-0.2, -0.15) is 0 Å². The molecule has 1 aromatic carbocycles. The van der Waals surface area contributed by atoms with Gasteiger partial charge < -0.3 is 6.53 Å². The molecule has 3 heteroatoms. The average molecular weight is 172 g/mol. The van der Waals surface area contributed by atoms with E-state index in [0.717, 1.165) is 0 Å². The van der Waals surface area contributed by atoms with Gasteiger partial charge in [0.2, 0.25) is 0 Å². The fraction of sp³-hybridized carbons (Fsp3) is 0. The van der Waals surface area contributed by atoms with Crippen molar-refractivity contribution in [1.29, 1.82) is 0 Å². The van der Waals surface area contributed by atoms with E-state index in [0.29, 0.717) is 11.1 Å². The molecule has 0 aromatic heterocycles. The summed E-state index contributed by atoms with van der Waals surface area (Å²) in [5, 5.41) is 8.65. The molecular weight excluding hydrogens is 163 g/mol. The molecule has 0 radical (unpaired) electrons. The second-order valence-electron chi connectivity index (χ2n) is 2.10. The van der Waals surface area contributed by atoms with E-state index in [-0.39, 0.29) is 31.0 Å². The third-order valence-electron chi connectivity index (χ3n) is 1.41. The second kappa shape index (κ2) is 5.14. The summed E-state index contributed by atoms with van der Waals surface area (Å²) in [7, 11) is 0. The van der Waals surface area contributed by atoms with Crippen LogP contribution in [0.1, 0.15) is 17.3 Å². The molecule has 0 amide bonds. The van der Waals surface area contributed by atoms with Crippen molar-refractivity contribution in [2.45, 2.75) is 0 Å². The van der Waals surface area contributed by atoms with Crippen molar-refractivity contribution >= 4 is 12.0 Å². The third-order valence-corrected chi connectivity index (χ3v) is 1.41. The van der Waals surface area contributed by atoms with E-state index in [2.05, 4.69) is 6.58 Å². The summed E-state index contributed by atoms with van der Waals surface area (Å²) in [4.78, 5) is 10.5. The quantitative estimate of drug-likeness (QED) is 0.590. The molecule has 1 N–H and O–H groups in total. The normalized spacial score (nSPS) is 8.33. The fourth-order valence-electron chi connectivity index (χ4n) is 0.870. The fourth-order valence-corrected chi connectivity index (χ4v) is 0.870. The SMILES string of the molecule is C=Cc1ccccc1C(=O)O.[H-].[Na+]. The number of rotatable bonds is 2. The summed E-state index contributed by atoms with van der Waals surface area (Å²) in [6, 6.07) is 6.75. The second-order valence-corrected chi connectivity index (χ2v) is 2.10. The third kappa shape index (κ3) is 2.48. The Morgan fingerprint density at radius 3 is 2.50 bits per heavy atom. The monoisotopic (exact) mass is 172 g/mol. The Labute approximate surface area is 94.7 Å². The summed E-state index contributed by atoms with van der Waals surface area (Å²) < 4.78 is 0. The Morgan fingerprint density at radius 2 is 2.08 bits per heavy atom. The van der Waals surface area contributed by atoms with Crippen molar-refractivity contribution in [3.63, 3.8) is 0 Å². The Morgan fingerprint density at radius 1 is 1.50 bits per heavy atom. The van der Waals surface area contributed by atoms with Gasteiger partial charge in [-0.3, -0.25) is 0 Å². The van der Waals surface area contributed by atoms with Gasteiger partial charge in [0, 0.05) is 0 Å². The number of benzene rings is 1. The number of carbonyl (C=O) groups is 1. The van der Waals surface area contributed by atoms with Crippen LogP contribution in [0.15, 0.2) is 30.8 Å². The van der Waals surface area contributed by atoms with Gasteiger partial charge in [0.05, 0.1) is 5.56 Å². The molecule has 1 aromatic rings. The van der Waals surface area contributed by atoms with Crippen LogP contribution in [-0.2, 0) is 0 Å². The Kier molecular flexibility index (Phi) is 4.90. The van der Waals surface area contributed by atoms with E-state index in [1.54, 1.807) is 24.3 Å². The topological polar surface area (TPSA) is 37.3 Å². The number of carboxylic acids is 1. The van der Waals surface area contributed by atoms with Gasteiger partial charge in [-0.25, -0.2) is 4.79 Å². The van der Waals surface area contributed by atoms with Crippen LogP contribution in [-0.4, -0.2) is 11.1 Å². The minimum atomic E-state index is -0.916. The molecule has 0 heterocycles. The van der Waals surface area contributed by atoms with Crippen molar-refractivity contribution in [2.75, 3.05) is 0 Å². The van der Waals surface area contributed by atoms with E-state index in [1.807, 2.05) is 0 Å². The first-order valence-electron chi connectivity index (χ1n) is 3.20. The molecule has 1 rings (SSSR count). The predicted molar refractivity (Wildman–Crippen MR) is 44.6 cm³/mol. The van der Waals surface area contributed by atoms with Crippen LogP contribution in [0.4, 0.5) is 0 Å². The first-order chi connectivity index (χ1) is 5.25. The molecule has 0 aliphatic carbocycles. The van der Waals surface area contributed by atoms with E-state index in [1.165, 1.54) is 6.08 Å². The van der Waals surface area contributed by atoms with Crippen molar-refractivity contribution in [3.05, 3.63) is 42.0 Å². The van der Waals surface area contributed by atoms with Crippen LogP contribution in [0.5, 0.6) is 0 Å². The zero-order valence-electron chi connectivity index (χ0n) is 7.95. The Bertz CT molecular complexity index is 299. The van der Waals surface area contributed by atoms with Crippen LogP contribution in [0.3, 0.4) is 0 Å². The molecule has 0 saturated heterocycles. The molecular formula is C9H9NaO2. The molecule has 0 aliphatic rings. The molecule has 0 saturated carbocycles. The number of carboxylic acid groups (broad SMARTS) is 1. The van der Waals surface area contributed by atoms with Crippen LogP contribution in [0.25, 0.3) is 6.08 Å². The van der Waals surface area contributed by atoms with Crippen molar-refractivity contribution < 1.29 is 40.9 Å². The molecule has 0 bridgehead atoms. The molecule has 58 valence electrons.